The Bertz CT molecular complexity index is 919. The summed E-state index contributed by atoms with van der Waals surface area (Å²) in [4.78, 5) is 13.0. The van der Waals surface area contributed by atoms with Crippen LogP contribution < -0.4 is 5.32 Å². The van der Waals surface area contributed by atoms with Gasteiger partial charge in [-0.1, -0.05) is 206 Å². The average Bonchev–Trinajstić information content (AvgIpc) is 3.22. The third-order valence-electron chi connectivity index (χ3n) is 12.1. The van der Waals surface area contributed by atoms with Crippen molar-refractivity contribution in [3.8, 4) is 0 Å². The Morgan fingerprint density at radius 2 is 0.966 bits per heavy atom. The second-order valence-electron chi connectivity index (χ2n) is 17.6. The van der Waals surface area contributed by atoms with Crippen LogP contribution in [0.15, 0.2) is 12.2 Å². The van der Waals surface area contributed by atoms with Gasteiger partial charge in [-0.3, -0.25) is 4.79 Å². The van der Waals surface area contributed by atoms with Crippen LogP contribution in [0.1, 0.15) is 239 Å². The van der Waals surface area contributed by atoms with E-state index in [4.69, 9.17) is 9.47 Å². The monoisotopic (exact) mass is 826 g/mol. The van der Waals surface area contributed by atoms with E-state index < -0.39 is 49.5 Å². The Morgan fingerprint density at radius 1 is 0.569 bits per heavy atom. The van der Waals surface area contributed by atoms with Gasteiger partial charge >= 0.3 is 0 Å². The van der Waals surface area contributed by atoms with Gasteiger partial charge in [0.15, 0.2) is 6.29 Å². The molecule has 0 aromatic heterocycles. The molecule has 0 radical (unpaired) electrons. The zero-order valence-electron chi connectivity index (χ0n) is 37.8. The largest absolute Gasteiger partial charge is 0.394 e. The fourth-order valence-corrected chi connectivity index (χ4v) is 8.10. The number of amides is 1. The van der Waals surface area contributed by atoms with Gasteiger partial charge in [-0.25, -0.2) is 0 Å². The molecule has 0 aromatic rings. The molecule has 1 saturated heterocycles. The van der Waals surface area contributed by atoms with E-state index in [1.54, 1.807) is 0 Å². The summed E-state index contributed by atoms with van der Waals surface area (Å²) in [6, 6.07) is -0.723. The Balaban J connectivity index is 2.26. The molecule has 1 rings (SSSR count). The maximum absolute atomic E-state index is 13.0. The summed E-state index contributed by atoms with van der Waals surface area (Å²) in [6.07, 6.45) is 39.4. The number of aliphatic hydroxyl groups excluding tert-OH is 5. The maximum atomic E-state index is 13.0. The second kappa shape index (κ2) is 40.0. The molecule has 344 valence electrons. The SMILES string of the molecule is CCCCCCCC/C=C\CCCCCC(=O)NC(COC1OC(CO)C(O)C(O)C1O)C(O)CCCCCCCCCCCCCCCCCCCCCCCC. The van der Waals surface area contributed by atoms with Gasteiger partial charge in [0.05, 0.1) is 25.4 Å². The molecule has 58 heavy (non-hydrogen) atoms. The summed E-state index contributed by atoms with van der Waals surface area (Å²) in [5.74, 6) is -0.158. The molecular formula is C49H95NO8. The van der Waals surface area contributed by atoms with E-state index in [0.29, 0.717) is 12.8 Å². The summed E-state index contributed by atoms with van der Waals surface area (Å²) >= 11 is 0. The number of aliphatic hydroxyl groups is 5. The lowest BCUT2D eigenvalue weighted by Gasteiger charge is -2.40. The number of rotatable bonds is 42. The molecule has 6 N–H and O–H groups in total. The average molecular weight is 826 g/mol. The number of carbonyl (C=O) groups is 1. The predicted octanol–water partition coefficient (Wildman–Crippen LogP) is 10.9. The highest BCUT2D eigenvalue weighted by Crippen LogP contribution is 2.23. The molecule has 1 aliphatic rings. The molecule has 0 saturated carbocycles. The maximum Gasteiger partial charge on any atom is 0.220 e. The van der Waals surface area contributed by atoms with Crippen LogP contribution in [-0.4, -0.2) is 87.5 Å². The molecule has 1 amide bonds. The highest BCUT2D eigenvalue weighted by Gasteiger charge is 2.44. The van der Waals surface area contributed by atoms with Gasteiger partial charge in [0.1, 0.15) is 24.4 Å². The summed E-state index contributed by atoms with van der Waals surface area (Å²) < 4.78 is 11.3. The predicted molar refractivity (Wildman–Crippen MR) is 240 cm³/mol. The van der Waals surface area contributed by atoms with Crippen LogP contribution in [0.25, 0.3) is 0 Å². The van der Waals surface area contributed by atoms with E-state index in [1.807, 2.05) is 0 Å². The fraction of sp³-hybridized carbons (Fsp3) is 0.939. The van der Waals surface area contributed by atoms with E-state index in [9.17, 15) is 30.3 Å². The van der Waals surface area contributed by atoms with Crippen LogP contribution in [0, 0.1) is 0 Å². The van der Waals surface area contributed by atoms with Crippen molar-refractivity contribution in [1.82, 2.24) is 5.32 Å². The number of hydrogen-bond donors (Lipinski definition) is 6. The van der Waals surface area contributed by atoms with E-state index >= 15 is 0 Å². The molecule has 7 atom stereocenters. The standard InChI is InChI=1S/C49H95NO8/c1-3-5-7-9-11-13-15-17-18-19-20-21-22-23-24-25-27-28-30-32-34-36-38-43(52)42(41-57-49-48(56)47(55)46(54)44(40-51)58-49)50-45(53)39-37-35-33-31-29-26-16-14-12-10-8-6-4-2/h26,29,42-44,46-49,51-52,54-56H,3-25,27-28,30-41H2,1-2H3,(H,50,53)/b29-26-. The first-order valence-corrected chi connectivity index (χ1v) is 24.9. The van der Waals surface area contributed by atoms with Crippen LogP contribution >= 0.6 is 0 Å². The molecule has 1 fully saturated rings. The van der Waals surface area contributed by atoms with Crippen LogP contribution in [0.3, 0.4) is 0 Å². The third-order valence-corrected chi connectivity index (χ3v) is 12.1. The van der Waals surface area contributed by atoms with E-state index in [2.05, 4.69) is 31.3 Å². The van der Waals surface area contributed by atoms with Gasteiger partial charge in [0.2, 0.25) is 5.91 Å². The van der Waals surface area contributed by atoms with Gasteiger partial charge in [-0.15, -0.1) is 0 Å². The van der Waals surface area contributed by atoms with Crippen molar-refractivity contribution in [2.75, 3.05) is 13.2 Å². The van der Waals surface area contributed by atoms with Crippen LogP contribution in [0.2, 0.25) is 0 Å². The number of allylic oxidation sites excluding steroid dienone is 2. The lowest BCUT2D eigenvalue weighted by atomic mass is 9.99. The second-order valence-corrected chi connectivity index (χ2v) is 17.6. The van der Waals surface area contributed by atoms with Crippen LogP contribution in [0.4, 0.5) is 0 Å². The topological polar surface area (TPSA) is 149 Å². The van der Waals surface area contributed by atoms with Gasteiger partial charge < -0.3 is 40.3 Å². The normalized spacial score (nSPS) is 20.8. The Hall–Kier alpha value is -1.07. The minimum atomic E-state index is -1.55. The van der Waals surface area contributed by atoms with Gasteiger partial charge in [-0.05, 0) is 38.5 Å². The first-order valence-electron chi connectivity index (χ1n) is 24.9. The summed E-state index contributed by atoms with van der Waals surface area (Å²) in [6.45, 7) is 3.83. The highest BCUT2D eigenvalue weighted by atomic mass is 16.7. The summed E-state index contributed by atoms with van der Waals surface area (Å²) in [5, 5.41) is 54.4. The Morgan fingerprint density at radius 3 is 1.40 bits per heavy atom. The van der Waals surface area contributed by atoms with Crippen molar-refractivity contribution in [2.24, 2.45) is 0 Å². The quantitative estimate of drug-likeness (QED) is 0.0263. The number of nitrogens with one attached hydrogen (secondary N) is 1. The molecule has 0 bridgehead atoms. The molecule has 9 heteroatoms. The van der Waals surface area contributed by atoms with Crippen LogP contribution in [-0.2, 0) is 14.3 Å². The zero-order chi connectivity index (χ0) is 42.3. The Labute approximate surface area is 356 Å². The first-order chi connectivity index (χ1) is 28.3. The van der Waals surface area contributed by atoms with E-state index in [0.717, 1.165) is 51.4 Å². The number of carbonyl (C=O) groups excluding carboxylic acids is 1. The number of unbranched alkanes of at least 4 members (excludes halogenated alkanes) is 30. The van der Waals surface area contributed by atoms with Crippen molar-refractivity contribution in [3.05, 3.63) is 12.2 Å². The number of ether oxygens (including phenoxy) is 2. The number of hydrogen-bond acceptors (Lipinski definition) is 8. The third kappa shape index (κ3) is 30.0. The summed E-state index contributed by atoms with van der Waals surface area (Å²) in [5.41, 5.74) is 0. The van der Waals surface area contributed by atoms with Crippen molar-refractivity contribution in [2.45, 2.75) is 281 Å². The summed E-state index contributed by atoms with van der Waals surface area (Å²) in [7, 11) is 0. The Kier molecular flexibility index (Phi) is 37.9. The first kappa shape index (κ1) is 54.9. The zero-order valence-corrected chi connectivity index (χ0v) is 37.8. The van der Waals surface area contributed by atoms with Crippen LogP contribution in [0.5, 0.6) is 0 Å². The smallest absolute Gasteiger partial charge is 0.220 e. The van der Waals surface area contributed by atoms with Gasteiger partial charge in [0.25, 0.3) is 0 Å². The molecule has 1 aliphatic heterocycles. The van der Waals surface area contributed by atoms with Gasteiger partial charge in [0, 0.05) is 6.42 Å². The molecule has 0 aliphatic carbocycles. The highest BCUT2D eigenvalue weighted by molar-refractivity contribution is 5.76. The van der Waals surface area contributed by atoms with Crippen molar-refractivity contribution in [3.63, 3.8) is 0 Å². The minimum absolute atomic E-state index is 0.141. The van der Waals surface area contributed by atoms with E-state index in [-0.39, 0.29) is 12.5 Å². The molecule has 0 aromatic carbocycles. The van der Waals surface area contributed by atoms with Crippen molar-refractivity contribution in [1.29, 1.82) is 0 Å². The van der Waals surface area contributed by atoms with E-state index in [1.165, 1.54) is 161 Å². The fourth-order valence-electron chi connectivity index (χ4n) is 8.10. The minimum Gasteiger partial charge on any atom is -0.394 e. The lowest BCUT2D eigenvalue weighted by Crippen LogP contribution is -2.60. The van der Waals surface area contributed by atoms with Gasteiger partial charge in [-0.2, -0.15) is 0 Å². The molecular weight excluding hydrogens is 731 g/mol. The van der Waals surface area contributed by atoms with Crippen molar-refractivity contribution < 1.29 is 39.8 Å². The lowest BCUT2D eigenvalue weighted by molar-refractivity contribution is -0.302. The molecule has 7 unspecified atom stereocenters. The molecule has 1 heterocycles. The van der Waals surface area contributed by atoms with Crippen molar-refractivity contribution >= 4 is 5.91 Å². The molecule has 0 spiro atoms. The molecule has 9 nitrogen and oxygen atoms in total.